The van der Waals surface area contributed by atoms with Crippen LogP contribution in [0.2, 0.25) is 0 Å². The third-order valence-corrected chi connectivity index (χ3v) is 5.58. The molecule has 0 saturated carbocycles. The molecule has 0 heterocycles. The first-order valence-corrected chi connectivity index (χ1v) is 8.76. The largest absolute Gasteiger partial charge is 0.384 e. The number of rotatable bonds is 4. The molecule has 0 bridgehead atoms. The Morgan fingerprint density at radius 2 is 1.95 bits per heavy atom. The summed E-state index contributed by atoms with van der Waals surface area (Å²) in [5.74, 6) is 0. The molecule has 1 aliphatic rings. The Balaban J connectivity index is 1.81. The van der Waals surface area contributed by atoms with Crippen molar-refractivity contribution in [1.29, 1.82) is 0 Å². The van der Waals surface area contributed by atoms with E-state index >= 15 is 0 Å². The lowest BCUT2D eigenvalue weighted by atomic mass is 9.96. The van der Waals surface area contributed by atoms with E-state index in [0.29, 0.717) is 6.42 Å². The van der Waals surface area contributed by atoms with Crippen LogP contribution in [-0.4, -0.2) is 20.1 Å². The van der Waals surface area contributed by atoms with Crippen molar-refractivity contribution in [3.05, 3.63) is 65.2 Å². The molecule has 2 aromatic carbocycles. The Labute approximate surface area is 130 Å². The van der Waals surface area contributed by atoms with Gasteiger partial charge >= 0.3 is 0 Å². The minimum absolute atomic E-state index is 0.0136. The number of aryl methyl sites for hydroxylation is 2. The standard InChI is InChI=1S/C17H19NO3S/c1-13-5-4-7-15(11-13)22(20,21)18-12-17(19)10-9-14-6-2-3-8-16(14)17/h2-8,11,18-19H,9-10,12H2,1H3. The average Bonchev–Trinajstić information content (AvgIpc) is 2.84. The van der Waals surface area contributed by atoms with Crippen LogP contribution in [0.5, 0.6) is 0 Å². The van der Waals surface area contributed by atoms with E-state index in [1.165, 1.54) is 0 Å². The Morgan fingerprint density at radius 1 is 1.18 bits per heavy atom. The van der Waals surface area contributed by atoms with Crippen molar-refractivity contribution >= 4 is 10.0 Å². The molecule has 0 radical (unpaired) electrons. The average molecular weight is 317 g/mol. The Morgan fingerprint density at radius 3 is 2.73 bits per heavy atom. The summed E-state index contributed by atoms with van der Waals surface area (Å²) in [7, 11) is -3.62. The van der Waals surface area contributed by atoms with Gasteiger partial charge in [0.05, 0.1) is 4.90 Å². The van der Waals surface area contributed by atoms with E-state index in [0.717, 1.165) is 23.1 Å². The zero-order chi connectivity index (χ0) is 15.8. The number of fused-ring (bicyclic) bond motifs is 1. The molecule has 116 valence electrons. The van der Waals surface area contributed by atoms with E-state index in [9.17, 15) is 13.5 Å². The van der Waals surface area contributed by atoms with E-state index in [4.69, 9.17) is 0 Å². The molecule has 0 aliphatic heterocycles. The highest BCUT2D eigenvalue weighted by molar-refractivity contribution is 7.89. The lowest BCUT2D eigenvalue weighted by Crippen LogP contribution is -2.39. The van der Waals surface area contributed by atoms with E-state index in [2.05, 4.69) is 4.72 Å². The molecule has 0 fully saturated rings. The van der Waals surface area contributed by atoms with Crippen LogP contribution in [0, 0.1) is 6.92 Å². The second kappa shape index (κ2) is 5.50. The van der Waals surface area contributed by atoms with Gasteiger partial charge in [0.15, 0.2) is 0 Å². The molecule has 1 unspecified atom stereocenters. The predicted molar refractivity (Wildman–Crippen MR) is 85.0 cm³/mol. The summed E-state index contributed by atoms with van der Waals surface area (Å²) in [5, 5.41) is 10.8. The summed E-state index contributed by atoms with van der Waals surface area (Å²) >= 11 is 0. The molecule has 1 atom stereocenters. The fourth-order valence-corrected chi connectivity index (χ4v) is 4.13. The molecule has 1 aliphatic carbocycles. The summed E-state index contributed by atoms with van der Waals surface area (Å²) in [6.45, 7) is 1.83. The first kappa shape index (κ1) is 15.2. The maximum atomic E-state index is 12.4. The quantitative estimate of drug-likeness (QED) is 0.907. The van der Waals surface area contributed by atoms with Gasteiger partial charge in [-0.1, -0.05) is 36.4 Å². The van der Waals surface area contributed by atoms with Crippen LogP contribution in [0.3, 0.4) is 0 Å². The molecule has 3 rings (SSSR count). The highest BCUT2D eigenvalue weighted by Crippen LogP contribution is 2.36. The van der Waals surface area contributed by atoms with Crippen molar-refractivity contribution in [3.8, 4) is 0 Å². The van der Waals surface area contributed by atoms with Crippen LogP contribution in [0.4, 0.5) is 0 Å². The van der Waals surface area contributed by atoms with Gasteiger partial charge in [-0.2, -0.15) is 0 Å². The number of nitrogens with one attached hydrogen (secondary N) is 1. The van der Waals surface area contributed by atoms with Crippen LogP contribution in [0.25, 0.3) is 0 Å². The topological polar surface area (TPSA) is 66.4 Å². The number of aliphatic hydroxyl groups is 1. The van der Waals surface area contributed by atoms with Crippen molar-refractivity contribution in [2.75, 3.05) is 6.54 Å². The molecule has 0 aromatic heterocycles. The van der Waals surface area contributed by atoms with Gasteiger partial charge in [0, 0.05) is 6.54 Å². The maximum Gasteiger partial charge on any atom is 0.240 e. The highest BCUT2D eigenvalue weighted by atomic mass is 32.2. The predicted octanol–water partition coefficient (Wildman–Crippen LogP) is 2.11. The lowest BCUT2D eigenvalue weighted by Gasteiger charge is -2.24. The Hall–Kier alpha value is -1.69. The number of hydrogen-bond acceptors (Lipinski definition) is 3. The summed E-state index contributed by atoms with van der Waals surface area (Å²) in [6.07, 6.45) is 1.29. The first-order chi connectivity index (χ1) is 10.4. The van der Waals surface area contributed by atoms with Gasteiger partial charge in [-0.05, 0) is 48.6 Å². The molecule has 0 spiro atoms. The number of sulfonamides is 1. The van der Waals surface area contributed by atoms with Gasteiger partial charge in [-0.3, -0.25) is 0 Å². The third-order valence-electron chi connectivity index (χ3n) is 4.18. The molecular weight excluding hydrogens is 298 g/mol. The van der Waals surface area contributed by atoms with Gasteiger partial charge in [-0.15, -0.1) is 0 Å². The molecule has 0 saturated heterocycles. The summed E-state index contributed by atoms with van der Waals surface area (Å²) in [4.78, 5) is 0.224. The number of benzene rings is 2. The van der Waals surface area contributed by atoms with Crippen LogP contribution in [0.1, 0.15) is 23.1 Å². The fraction of sp³-hybridized carbons (Fsp3) is 0.294. The maximum absolute atomic E-state index is 12.4. The fourth-order valence-electron chi connectivity index (χ4n) is 2.93. The molecular formula is C17H19NO3S. The summed E-state index contributed by atoms with van der Waals surface area (Å²) in [6, 6.07) is 14.4. The van der Waals surface area contributed by atoms with Crippen molar-refractivity contribution in [3.63, 3.8) is 0 Å². The van der Waals surface area contributed by atoms with Crippen molar-refractivity contribution in [2.45, 2.75) is 30.3 Å². The lowest BCUT2D eigenvalue weighted by molar-refractivity contribution is 0.0442. The van der Waals surface area contributed by atoms with Crippen molar-refractivity contribution in [1.82, 2.24) is 4.72 Å². The van der Waals surface area contributed by atoms with Gasteiger partial charge in [0.2, 0.25) is 10.0 Å². The highest BCUT2D eigenvalue weighted by Gasteiger charge is 2.37. The zero-order valence-corrected chi connectivity index (χ0v) is 13.2. The minimum atomic E-state index is -3.62. The molecule has 2 aromatic rings. The smallest absolute Gasteiger partial charge is 0.240 e. The van der Waals surface area contributed by atoms with Crippen molar-refractivity contribution < 1.29 is 13.5 Å². The Kier molecular flexibility index (Phi) is 3.80. The summed E-state index contributed by atoms with van der Waals surface area (Å²) < 4.78 is 27.3. The van der Waals surface area contributed by atoms with E-state index in [1.54, 1.807) is 18.2 Å². The minimum Gasteiger partial charge on any atom is -0.384 e. The second-order valence-electron chi connectivity index (χ2n) is 5.83. The van der Waals surface area contributed by atoms with Gasteiger partial charge in [0.25, 0.3) is 0 Å². The third kappa shape index (κ3) is 2.79. The van der Waals surface area contributed by atoms with Crippen LogP contribution >= 0.6 is 0 Å². The zero-order valence-electron chi connectivity index (χ0n) is 12.4. The van der Waals surface area contributed by atoms with Gasteiger partial charge in [-0.25, -0.2) is 13.1 Å². The van der Waals surface area contributed by atoms with Crippen LogP contribution in [0.15, 0.2) is 53.4 Å². The molecule has 0 amide bonds. The normalized spacial score (nSPS) is 20.8. The molecule has 2 N–H and O–H groups in total. The molecule has 22 heavy (non-hydrogen) atoms. The molecule has 5 heteroatoms. The van der Waals surface area contributed by atoms with Crippen LogP contribution < -0.4 is 4.72 Å². The monoisotopic (exact) mass is 317 g/mol. The van der Waals surface area contributed by atoms with E-state index in [1.807, 2.05) is 37.3 Å². The second-order valence-corrected chi connectivity index (χ2v) is 7.60. The SMILES string of the molecule is Cc1cccc(S(=O)(=O)NCC2(O)CCc3ccccc32)c1. The van der Waals surface area contributed by atoms with Gasteiger partial charge < -0.3 is 5.11 Å². The van der Waals surface area contributed by atoms with E-state index in [-0.39, 0.29) is 11.4 Å². The first-order valence-electron chi connectivity index (χ1n) is 7.28. The van der Waals surface area contributed by atoms with Gasteiger partial charge in [0.1, 0.15) is 5.60 Å². The van der Waals surface area contributed by atoms with E-state index < -0.39 is 15.6 Å². The molecule has 4 nitrogen and oxygen atoms in total. The van der Waals surface area contributed by atoms with Crippen LogP contribution in [-0.2, 0) is 22.0 Å². The summed E-state index contributed by atoms with van der Waals surface area (Å²) in [5.41, 5.74) is 1.66. The Bertz CT molecular complexity index is 801. The van der Waals surface area contributed by atoms with Crippen molar-refractivity contribution in [2.24, 2.45) is 0 Å². The number of hydrogen-bond donors (Lipinski definition) is 2.